The van der Waals surface area contributed by atoms with Crippen LogP contribution in [0.4, 0.5) is 9.18 Å². The van der Waals surface area contributed by atoms with E-state index < -0.39 is 11.6 Å². The molecule has 2 aliphatic carbocycles. The molecule has 6 nitrogen and oxygen atoms in total. The lowest BCUT2D eigenvalue weighted by Crippen LogP contribution is -2.51. The Bertz CT molecular complexity index is 774. The molecule has 1 aromatic carbocycles. The maximum Gasteiger partial charge on any atom is 0.325 e. The zero-order valence-corrected chi connectivity index (χ0v) is 15.6. The number of carbonyl (C=O) groups excluding carboxylic acids is 3. The first-order valence-corrected chi connectivity index (χ1v) is 9.50. The minimum Gasteiger partial charge on any atom is -0.337 e. The third-order valence-electron chi connectivity index (χ3n) is 6.22. The lowest BCUT2D eigenvalue weighted by atomic mass is 9.87. The Morgan fingerprint density at radius 1 is 1.22 bits per heavy atom. The Kier molecular flexibility index (Phi) is 4.20. The number of urea groups is 1. The topological polar surface area (TPSA) is 69.7 Å². The van der Waals surface area contributed by atoms with Crippen LogP contribution in [-0.2, 0) is 9.59 Å². The zero-order chi connectivity index (χ0) is 19.3. The lowest BCUT2D eigenvalue weighted by molar-refractivity contribution is -0.140. The van der Waals surface area contributed by atoms with Crippen molar-refractivity contribution in [1.82, 2.24) is 15.1 Å². The monoisotopic (exact) mass is 373 g/mol. The molecule has 0 radical (unpaired) electrons. The van der Waals surface area contributed by atoms with Gasteiger partial charge < -0.3 is 10.2 Å². The predicted molar refractivity (Wildman–Crippen MR) is 96.0 cm³/mol. The number of benzene rings is 1. The van der Waals surface area contributed by atoms with Crippen LogP contribution in [0.15, 0.2) is 24.3 Å². The van der Waals surface area contributed by atoms with Crippen LogP contribution in [0.1, 0.15) is 44.2 Å². The number of amides is 4. The fourth-order valence-electron chi connectivity index (χ4n) is 4.15. The number of hydrogen-bond donors (Lipinski definition) is 1. The summed E-state index contributed by atoms with van der Waals surface area (Å²) in [5, 5.41) is 2.93. The molecular formula is C20H24FN3O3. The summed E-state index contributed by atoms with van der Waals surface area (Å²) in [6.07, 6.45) is 3.80. The summed E-state index contributed by atoms with van der Waals surface area (Å²) in [5.74, 6) is -0.489. The maximum absolute atomic E-state index is 13.1. The van der Waals surface area contributed by atoms with Crippen LogP contribution in [0.25, 0.3) is 0 Å². The van der Waals surface area contributed by atoms with Crippen molar-refractivity contribution in [2.75, 3.05) is 13.6 Å². The summed E-state index contributed by atoms with van der Waals surface area (Å²) >= 11 is 0. The molecule has 3 fully saturated rings. The van der Waals surface area contributed by atoms with E-state index >= 15 is 0 Å². The molecule has 0 aromatic heterocycles. The van der Waals surface area contributed by atoms with E-state index in [1.54, 1.807) is 19.2 Å². The van der Waals surface area contributed by atoms with Crippen molar-refractivity contribution in [2.24, 2.45) is 11.8 Å². The van der Waals surface area contributed by atoms with Gasteiger partial charge >= 0.3 is 6.03 Å². The number of rotatable bonds is 6. The summed E-state index contributed by atoms with van der Waals surface area (Å²) < 4.78 is 13.1. The van der Waals surface area contributed by atoms with E-state index in [-0.39, 0.29) is 42.1 Å². The predicted octanol–water partition coefficient (Wildman–Crippen LogP) is 2.46. The number of likely N-dealkylation sites (N-methyl/N-ethyl adjacent to an activating group) is 1. The molecule has 3 aliphatic rings. The number of halogens is 1. The highest BCUT2D eigenvalue weighted by atomic mass is 19.1. The molecule has 2 saturated carbocycles. The van der Waals surface area contributed by atoms with Crippen LogP contribution in [-0.4, -0.2) is 46.8 Å². The number of imide groups is 1. The number of carbonyl (C=O) groups is 3. The van der Waals surface area contributed by atoms with Gasteiger partial charge in [-0.25, -0.2) is 9.18 Å². The summed E-state index contributed by atoms with van der Waals surface area (Å²) in [6.45, 7) is 1.56. The molecule has 1 N–H and O–H groups in total. The smallest absolute Gasteiger partial charge is 0.325 e. The van der Waals surface area contributed by atoms with Gasteiger partial charge in [-0.15, -0.1) is 0 Å². The summed E-state index contributed by atoms with van der Waals surface area (Å²) in [6, 6.07) is 5.19. The quantitative estimate of drug-likeness (QED) is 0.779. The first kappa shape index (κ1) is 17.9. The largest absolute Gasteiger partial charge is 0.337 e. The summed E-state index contributed by atoms with van der Waals surface area (Å²) in [5.41, 5.74) is 0.00755. The van der Waals surface area contributed by atoms with Gasteiger partial charge in [0.05, 0.1) is 6.04 Å². The van der Waals surface area contributed by atoms with Crippen molar-refractivity contribution < 1.29 is 18.8 Å². The van der Waals surface area contributed by atoms with E-state index in [0.717, 1.165) is 36.1 Å². The van der Waals surface area contributed by atoms with Crippen LogP contribution < -0.4 is 5.32 Å². The summed E-state index contributed by atoms with van der Waals surface area (Å²) in [4.78, 5) is 40.8. The van der Waals surface area contributed by atoms with Gasteiger partial charge in [0.15, 0.2) is 0 Å². The molecule has 1 saturated heterocycles. The maximum atomic E-state index is 13.1. The van der Waals surface area contributed by atoms with Crippen molar-refractivity contribution in [3.05, 3.63) is 35.6 Å². The third kappa shape index (κ3) is 2.99. The van der Waals surface area contributed by atoms with E-state index in [9.17, 15) is 18.8 Å². The van der Waals surface area contributed by atoms with Gasteiger partial charge in [-0.2, -0.15) is 0 Å². The van der Waals surface area contributed by atoms with Gasteiger partial charge in [0.1, 0.15) is 17.9 Å². The van der Waals surface area contributed by atoms with E-state index in [2.05, 4.69) is 5.32 Å². The molecule has 7 heteroatoms. The van der Waals surface area contributed by atoms with Crippen molar-refractivity contribution in [1.29, 1.82) is 0 Å². The molecule has 0 bridgehead atoms. The van der Waals surface area contributed by atoms with Gasteiger partial charge in [0, 0.05) is 7.05 Å². The van der Waals surface area contributed by atoms with E-state index in [4.69, 9.17) is 0 Å². The van der Waals surface area contributed by atoms with Gasteiger partial charge in [-0.3, -0.25) is 14.5 Å². The Balaban J connectivity index is 1.46. The summed E-state index contributed by atoms with van der Waals surface area (Å²) in [7, 11) is 1.63. The van der Waals surface area contributed by atoms with Crippen LogP contribution >= 0.6 is 0 Å². The molecule has 1 aliphatic heterocycles. The molecule has 4 amide bonds. The molecule has 0 unspecified atom stereocenters. The van der Waals surface area contributed by atoms with Crippen LogP contribution in [0, 0.1) is 17.7 Å². The van der Waals surface area contributed by atoms with Gasteiger partial charge in [0.2, 0.25) is 5.91 Å². The second kappa shape index (κ2) is 6.32. The number of nitrogens with zero attached hydrogens (tertiary/aromatic N) is 2. The van der Waals surface area contributed by atoms with Crippen LogP contribution in [0.3, 0.4) is 0 Å². The molecule has 4 rings (SSSR count). The van der Waals surface area contributed by atoms with Gasteiger partial charge in [-0.1, -0.05) is 12.1 Å². The molecule has 1 aromatic rings. The molecule has 144 valence electrons. The fraction of sp³-hybridized carbons (Fsp3) is 0.550. The standard InChI is InChI=1S/C20H24FN3O3/c1-12(13-3-9-16(21)10-4-13)23(2)17(25)11-24-18(26)20(14-5-6-14,15-7-8-15)22-19(24)27/h3-4,9-10,12,14-15H,5-8,11H2,1-2H3,(H,22,27)/t12-/m0/s1. The van der Waals surface area contributed by atoms with Crippen molar-refractivity contribution >= 4 is 17.8 Å². The van der Waals surface area contributed by atoms with Crippen molar-refractivity contribution in [3.8, 4) is 0 Å². The van der Waals surface area contributed by atoms with Crippen LogP contribution in [0.5, 0.6) is 0 Å². The Morgan fingerprint density at radius 3 is 2.30 bits per heavy atom. The van der Waals surface area contributed by atoms with E-state index in [0.29, 0.717) is 0 Å². The van der Waals surface area contributed by atoms with E-state index in [1.807, 2.05) is 6.92 Å². The highest BCUT2D eigenvalue weighted by Crippen LogP contribution is 2.54. The third-order valence-corrected chi connectivity index (χ3v) is 6.22. The average Bonchev–Trinajstić information content (AvgIpc) is 3.55. The van der Waals surface area contributed by atoms with Gasteiger partial charge in [-0.05, 0) is 62.1 Å². The number of hydrogen-bond acceptors (Lipinski definition) is 3. The Morgan fingerprint density at radius 2 is 1.78 bits per heavy atom. The average molecular weight is 373 g/mol. The minimum absolute atomic E-state index is 0.206. The molecule has 0 spiro atoms. The highest BCUT2D eigenvalue weighted by Gasteiger charge is 2.65. The SMILES string of the molecule is C[C@@H](c1ccc(F)cc1)N(C)C(=O)CN1C(=O)NC(C2CC2)(C2CC2)C1=O. The Hall–Kier alpha value is -2.44. The molecule has 27 heavy (non-hydrogen) atoms. The first-order valence-electron chi connectivity index (χ1n) is 9.50. The van der Waals surface area contributed by atoms with Gasteiger partial charge in [0.25, 0.3) is 5.91 Å². The van der Waals surface area contributed by atoms with Crippen molar-refractivity contribution in [2.45, 2.75) is 44.2 Å². The molecule has 1 heterocycles. The number of nitrogens with one attached hydrogen (secondary N) is 1. The second-order valence-corrected chi connectivity index (χ2v) is 7.97. The molecule has 1 atom stereocenters. The first-order chi connectivity index (χ1) is 12.8. The van der Waals surface area contributed by atoms with E-state index in [1.165, 1.54) is 17.0 Å². The van der Waals surface area contributed by atoms with Crippen LogP contribution in [0.2, 0.25) is 0 Å². The minimum atomic E-state index is -0.779. The zero-order valence-electron chi connectivity index (χ0n) is 15.6. The Labute approximate surface area is 157 Å². The normalized spacial score (nSPS) is 22.6. The highest BCUT2D eigenvalue weighted by molar-refractivity contribution is 6.09. The lowest BCUT2D eigenvalue weighted by Gasteiger charge is -2.28. The van der Waals surface area contributed by atoms with Crippen molar-refractivity contribution in [3.63, 3.8) is 0 Å². The fourth-order valence-corrected chi connectivity index (χ4v) is 4.15. The molecular weight excluding hydrogens is 349 g/mol. The second-order valence-electron chi connectivity index (χ2n) is 7.97.